The molecule has 1 rings (SSSR count). The smallest absolute Gasteiger partial charge is 0.233 e. The fourth-order valence-corrected chi connectivity index (χ4v) is 2.88. The van der Waals surface area contributed by atoms with E-state index in [2.05, 4.69) is 12.2 Å². The lowest BCUT2D eigenvalue weighted by atomic mass is 9.79. The summed E-state index contributed by atoms with van der Waals surface area (Å²) in [5, 5.41) is 3.00. The molecule has 0 spiro atoms. The topological polar surface area (TPSA) is 64.4 Å². The maximum absolute atomic E-state index is 12.4. The summed E-state index contributed by atoms with van der Waals surface area (Å²) >= 11 is 5.11. The van der Waals surface area contributed by atoms with Gasteiger partial charge in [-0.3, -0.25) is 4.79 Å². The van der Waals surface area contributed by atoms with Crippen LogP contribution in [0.3, 0.4) is 0 Å². The van der Waals surface area contributed by atoms with Crippen molar-refractivity contribution in [2.24, 2.45) is 11.1 Å². The van der Waals surface area contributed by atoms with Crippen molar-refractivity contribution in [2.75, 3.05) is 19.8 Å². The number of rotatable bonds is 9. The third kappa shape index (κ3) is 5.02. The molecule has 1 amide bonds. The van der Waals surface area contributed by atoms with E-state index in [1.807, 2.05) is 0 Å². The first-order valence-corrected chi connectivity index (χ1v) is 8.20. The SMILES string of the molecule is CCCCCCCCNC(=O)C1(C(N)=S)CCOCC1. The molecular weight excluding hydrogens is 272 g/mol. The van der Waals surface area contributed by atoms with Crippen LogP contribution in [-0.2, 0) is 9.53 Å². The Morgan fingerprint density at radius 1 is 1.20 bits per heavy atom. The molecule has 1 heterocycles. The van der Waals surface area contributed by atoms with Crippen molar-refractivity contribution >= 4 is 23.1 Å². The first kappa shape index (κ1) is 17.4. The van der Waals surface area contributed by atoms with E-state index in [0.29, 0.717) is 31.0 Å². The van der Waals surface area contributed by atoms with Gasteiger partial charge in [0.25, 0.3) is 0 Å². The van der Waals surface area contributed by atoms with Gasteiger partial charge in [0.05, 0.1) is 4.99 Å². The number of thiocarbonyl (C=S) groups is 1. The van der Waals surface area contributed by atoms with Crippen molar-refractivity contribution in [2.45, 2.75) is 58.3 Å². The van der Waals surface area contributed by atoms with Crippen LogP contribution in [0, 0.1) is 5.41 Å². The van der Waals surface area contributed by atoms with Gasteiger partial charge >= 0.3 is 0 Å². The van der Waals surface area contributed by atoms with Gasteiger partial charge in [0.15, 0.2) is 0 Å². The lowest BCUT2D eigenvalue weighted by Gasteiger charge is -2.34. The Balaban J connectivity index is 2.27. The normalized spacial score (nSPS) is 17.6. The second-order valence-electron chi connectivity index (χ2n) is 5.58. The van der Waals surface area contributed by atoms with Crippen LogP contribution in [0.25, 0.3) is 0 Å². The molecule has 0 atom stereocenters. The molecule has 1 aliphatic rings. The Morgan fingerprint density at radius 3 is 2.40 bits per heavy atom. The van der Waals surface area contributed by atoms with Crippen LogP contribution in [-0.4, -0.2) is 30.7 Å². The molecule has 1 saturated heterocycles. The number of carbonyl (C=O) groups is 1. The molecule has 0 bridgehead atoms. The molecule has 5 heteroatoms. The maximum atomic E-state index is 12.4. The number of carbonyl (C=O) groups excluding carboxylic acids is 1. The average molecular weight is 300 g/mol. The summed E-state index contributed by atoms with van der Waals surface area (Å²) in [5.41, 5.74) is 5.12. The molecular formula is C15H28N2O2S. The highest BCUT2D eigenvalue weighted by atomic mass is 32.1. The Labute approximate surface area is 127 Å². The third-order valence-corrected chi connectivity index (χ3v) is 4.46. The van der Waals surface area contributed by atoms with E-state index in [4.69, 9.17) is 22.7 Å². The number of nitrogens with two attached hydrogens (primary N) is 1. The van der Waals surface area contributed by atoms with E-state index < -0.39 is 5.41 Å². The van der Waals surface area contributed by atoms with Crippen molar-refractivity contribution in [3.05, 3.63) is 0 Å². The molecule has 1 fully saturated rings. The second kappa shape index (κ2) is 9.29. The molecule has 3 N–H and O–H groups in total. The van der Waals surface area contributed by atoms with Crippen molar-refractivity contribution in [3.63, 3.8) is 0 Å². The minimum atomic E-state index is -0.685. The fourth-order valence-electron chi connectivity index (χ4n) is 2.58. The summed E-state index contributed by atoms with van der Waals surface area (Å²) in [7, 11) is 0. The standard InChI is InChI=1S/C15H28N2O2S/c1-2-3-4-5-6-7-10-17-14(18)15(13(16)20)8-11-19-12-9-15/h2-12H2,1H3,(H2,16,20)(H,17,18). The number of ether oxygens (including phenoxy) is 1. The number of hydrogen-bond acceptors (Lipinski definition) is 3. The molecule has 116 valence electrons. The first-order valence-electron chi connectivity index (χ1n) is 7.79. The van der Waals surface area contributed by atoms with Crippen molar-refractivity contribution in [1.82, 2.24) is 5.32 Å². The van der Waals surface area contributed by atoms with Gasteiger partial charge in [0.1, 0.15) is 5.41 Å². The summed E-state index contributed by atoms with van der Waals surface area (Å²) in [6.45, 7) is 4.04. The molecule has 0 aromatic rings. The largest absolute Gasteiger partial charge is 0.392 e. The quantitative estimate of drug-likeness (QED) is 0.507. The van der Waals surface area contributed by atoms with E-state index in [9.17, 15) is 4.79 Å². The summed E-state index contributed by atoms with van der Waals surface area (Å²) in [5.74, 6) is -0.0122. The average Bonchev–Trinajstić information content (AvgIpc) is 2.46. The van der Waals surface area contributed by atoms with Gasteiger partial charge in [0.2, 0.25) is 5.91 Å². The van der Waals surface area contributed by atoms with E-state index in [1.54, 1.807) is 0 Å². The highest BCUT2D eigenvalue weighted by Crippen LogP contribution is 2.31. The first-order chi connectivity index (χ1) is 9.63. The van der Waals surface area contributed by atoms with Gasteiger partial charge in [-0.05, 0) is 19.3 Å². The van der Waals surface area contributed by atoms with Crippen LogP contribution in [0.4, 0.5) is 0 Å². The van der Waals surface area contributed by atoms with Crippen LogP contribution in [0.1, 0.15) is 58.3 Å². The Morgan fingerprint density at radius 2 is 1.80 bits per heavy atom. The molecule has 0 saturated carbocycles. The van der Waals surface area contributed by atoms with Crippen molar-refractivity contribution in [1.29, 1.82) is 0 Å². The Bertz CT molecular complexity index is 315. The van der Waals surface area contributed by atoms with Gasteiger partial charge in [-0.2, -0.15) is 0 Å². The minimum absolute atomic E-state index is 0.0122. The van der Waals surface area contributed by atoms with Gasteiger partial charge in [-0.25, -0.2) is 0 Å². The minimum Gasteiger partial charge on any atom is -0.392 e. The Hall–Kier alpha value is -0.680. The number of nitrogens with one attached hydrogen (secondary N) is 1. The van der Waals surface area contributed by atoms with Gasteiger partial charge in [-0.15, -0.1) is 0 Å². The molecule has 4 nitrogen and oxygen atoms in total. The number of amides is 1. The summed E-state index contributed by atoms with van der Waals surface area (Å²) < 4.78 is 5.31. The zero-order chi connectivity index (χ0) is 14.8. The fraction of sp³-hybridized carbons (Fsp3) is 0.867. The van der Waals surface area contributed by atoms with E-state index >= 15 is 0 Å². The molecule has 0 aromatic carbocycles. The van der Waals surface area contributed by atoms with Gasteiger partial charge < -0.3 is 15.8 Å². The van der Waals surface area contributed by atoms with Crippen LogP contribution in [0.2, 0.25) is 0 Å². The van der Waals surface area contributed by atoms with Gasteiger partial charge in [0, 0.05) is 19.8 Å². The monoisotopic (exact) mass is 300 g/mol. The number of hydrogen-bond donors (Lipinski definition) is 2. The molecule has 20 heavy (non-hydrogen) atoms. The van der Waals surface area contributed by atoms with Crippen LogP contribution in [0.15, 0.2) is 0 Å². The lowest BCUT2D eigenvalue weighted by molar-refractivity contribution is -0.131. The van der Waals surface area contributed by atoms with Crippen LogP contribution >= 0.6 is 12.2 Å². The van der Waals surface area contributed by atoms with Gasteiger partial charge in [-0.1, -0.05) is 51.2 Å². The predicted octanol–water partition coefficient (Wildman–Crippen LogP) is 2.55. The third-order valence-electron chi connectivity index (χ3n) is 4.07. The second-order valence-corrected chi connectivity index (χ2v) is 6.02. The highest BCUT2D eigenvalue weighted by Gasteiger charge is 2.42. The molecule has 0 radical (unpaired) electrons. The molecule has 1 aliphatic heterocycles. The van der Waals surface area contributed by atoms with Crippen LogP contribution < -0.4 is 11.1 Å². The van der Waals surface area contributed by atoms with E-state index in [0.717, 1.165) is 13.0 Å². The zero-order valence-corrected chi connectivity index (χ0v) is 13.4. The van der Waals surface area contributed by atoms with Crippen molar-refractivity contribution in [3.8, 4) is 0 Å². The van der Waals surface area contributed by atoms with E-state index in [-0.39, 0.29) is 5.91 Å². The molecule has 0 aromatic heterocycles. The number of unbranched alkanes of at least 4 members (excludes halogenated alkanes) is 5. The molecule has 0 aliphatic carbocycles. The molecule has 0 unspecified atom stereocenters. The Kier molecular flexibility index (Phi) is 8.07. The maximum Gasteiger partial charge on any atom is 0.233 e. The van der Waals surface area contributed by atoms with Crippen molar-refractivity contribution < 1.29 is 9.53 Å². The summed E-state index contributed by atoms with van der Waals surface area (Å²) in [6.07, 6.45) is 8.50. The zero-order valence-electron chi connectivity index (χ0n) is 12.6. The highest BCUT2D eigenvalue weighted by molar-refractivity contribution is 7.80. The summed E-state index contributed by atoms with van der Waals surface area (Å²) in [6, 6.07) is 0. The van der Waals surface area contributed by atoms with E-state index in [1.165, 1.54) is 32.1 Å². The predicted molar refractivity (Wildman–Crippen MR) is 85.7 cm³/mol. The lowest BCUT2D eigenvalue weighted by Crippen LogP contribution is -2.52. The summed E-state index contributed by atoms with van der Waals surface area (Å²) in [4.78, 5) is 12.7. The van der Waals surface area contributed by atoms with Crippen LogP contribution in [0.5, 0.6) is 0 Å².